The lowest BCUT2D eigenvalue weighted by Crippen LogP contribution is -2.45. The normalized spacial score (nSPS) is 13.1. The number of amides is 1. The van der Waals surface area contributed by atoms with Gasteiger partial charge in [-0.05, 0) is 36.0 Å². The van der Waals surface area contributed by atoms with E-state index in [9.17, 15) is 4.79 Å². The van der Waals surface area contributed by atoms with E-state index in [0.717, 1.165) is 12.1 Å². The Labute approximate surface area is 122 Å². The molecule has 0 aliphatic heterocycles. The van der Waals surface area contributed by atoms with Crippen molar-refractivity contribution in [3.63, 3.8) is 0 Å². The number of benzene rings is 1. The fraction of sp³-hybridized carbons (Fsp3) is 0.588. The zero-order valence-electron chi connectivity index (χ0n) is 13.2. The van der Waals surface area contributed by atoms with Crippen LogP contribution in [-0.2, 0) is 11.2 Å². The number of aryl methyl sites for hydroxylation is 1. The molecule has 3 nitrogen and oxygen atoms in total. The minimum Gasteiger partial charge on any atom is -0.325 e. The molecule has 1 aromatic rings. The van der Waals surface area contributed by atoms with Crippen LogP contribution < -0.4 is 11.1 Å². The van der Waals surface area contributed by atoms with Crippen LogP contribution in [0.15, 0.2) is 24.3 Å². The number of carbonyl (C=O) groups is 1. The number of nitrogens with one attached hydrogen (secondary N) is 1. The van der Waals surface area contributed by atoms with Crippen molar-refractivity contribution in [2.24, 2.45) is 11.1 Å². The summed E-state index contributed by atoms with van der Waals surface area (Å²) in [6, 6.07) is 7.55. The van der Waals surface area contributed by atoms with Gasteiger partial charge in [0.1, 0.15) is 0 Å². The van der Waals surface area contributed by atoms with Crippen molar-refractivity contribution in [1.82, 2.24) is 0 Å². The van der Waals surface area contributed by atoms with E-state index in [1.165, 1.54) is 24.8 Å². The van der Waals surface area contributed by atoms with Gasteiger partial charge in [-0.2, -0.15) is 0 Å². The molecule has 0 radical (unpaired) electrons. The van der Waals surface area contributed by atoms with Crippen molar-refractivity contribution < 1.29 is 4.79 Å². The molecule has 3 heteroatoms. The maximum Gasteiger partial charge on any atom is 0.241 e. The summed E-state index contributed by atoms with van der Waals surface area (Å²) < 4.78 is 0. The summed E-state index contributed by atoms with van der Waals surface area (Å²) in [5.41, 5.74) is 7.84. The highest BCUT2D eigenvalue weighted by atomic mass is 16.2. The van der Waals surface area contributed by atoms with Crippen LogP contribution in [0, 0.1) is 5.41 Å². The molecule has 0 saturated heterocycles. The van der Waals surface area contributed by atoms with Gasteiger partial charge in [-0.3, -0.25) is 4.79 Å². The molecule has 0 fully saturated rings. The lowest BCUT2D eigenvalue weighted by molar-refractivity contribution is -0.119. The SMILES string of the molecule is CCCCCc1ccc(NC(=O)C(N)C(C)(C)C)cc1. The molecule has 0 saturated carbocycles. The number of carbonyl (C=O) groups excluding carboxylic acids is 1. The van der Waals surface area contributed by atoms with Crippen LogP contribution in [0.5, 0.6) is 0 Å². The van der Waals surface area contributed by atoms with Gasteiger partial charge in [0.25, 0.3) is 0 Å². The molecule has 20 heavy (non-hydrogen) atoms. The molecule has 0 bridgehead atoms. The third-order valence-corrected chi connectivity index (χ3v) is 3.51. The molecule has 0 spiro atoms. The molecular weight excluding hydrogens is 248 g/mol. The second-order valence-electron chi connectivity index (χ2n) is 6.49. The van der Waals surface area contributed by atoms with Crippen LogP contribution in [-0.4, -0.2) is 11.9 Å². The zero-order chi connectivity index (χ0) is 15.2. The topological polar surface area (TPSA) is 55.1 Å². The van der Waals surface area contributed by atoms with Gasteiger partial charge in [-0.25, -0.2) is 0 Å². The molecule has 1 unspecified atom stereocenters. The van der Waals surface area contributed by atoms with Gasteiger partial charge in [0, 0.05) is 5.69 Å². The van der Waals surface area contributed by atoms with E-state index in [4.69, 9.17) is 5.73 Å². The minimum absolute atomic E-state index is 0.128. The van der Waals surface area contributed by atoms with E-state index < -0.39 is 6.04 Å². The Hall–Kier alpha value is -1.35. The lowest BCUT2D eigenvalue weighted by Gasteiger charge is -2.25. The molecule has 0 aliphatic carbocycles. The average Bonchev–Trinajstić information content (AvgIpc) is 2.39. The molecular formula is C17H28N2O. The van der Waals surface area contributed by atoms with Crippen LogP contribution in [0.2, 0.25) is 0 Å². The Kier molecular flexibility index (Phi) is 6.21. The Morgan fingerprint density at radius 3 is 2.30 bits per heavy atom. The van der Waals surface area contributed by atoms with Crippen LogP contribution in [0.1, 0.15) is 52.5 Å². The third kappa shape index (κ3) is 5.33. The van der Waals surface area contributed by atoms with Gasteiger partial charge in [0.05, 0.1) is 6.04 Å². The van der Waals surface area contributed by atoms with Gasteiger partial charge >= 0.3 is 0 Å². The Morgan fingerprint density at radius 1 is 1.20 bits per heavy atom. The molecule has 1 amide bonds. The fourth-order valence-electron chi connectivity index (χ4n) is 1.95. The monoisotopic (exact) mass is 276 g/mol. The van der Waals surface area contributed by atoms with Gasteiger partial charge in [0.2, 0.25) is 5.91 Å². The van der Waals surface area contributed by atoms with Gasteiger partial charge in [-0.15, -0.1) is 0 Å². The van der Waals surface area contributed by atoms with Crippen molar-refractivity contribution in [2.45, 2.75) is 59.4 Å². The van der Waals surface area contributed by atoms with E-state index in [2.05, 4.69) is 24.4 Å². The zero-order valence-corrected chi connectivity index (χ0v) is 13.2. The highest BCUT2D eigenvalue weighted by molar-refractivity contribution is 5.95. The summed E-state index contributed by atoms with van der Waals surface area (Å²) in [7, 11) is 0. The second kappa shape index (κ2) is 7.44. The number of hydrogen-bond donors (Lipinski definition) is 2. The van der Waals surface area contributed by atoms with E-state index in [1.54, 1.807) is 0 Å². The lowest BCUT2D eigenvalue weighted by atomic mass is 9.87. The van der Waals surface area contributed by atoms with E-state index in [0.29, 0.717) is 0 Å². The summed E-state index contributed by atoms with van der Waals surface area (Å²) in [6.07, 6.45) is 4.82. The summed E-state index contributed by atoms with van der Waals surface area (Å²) >= 11 is 0. The Morgan fingerprint density at radius 2 is 1.80 bits per heavy atom. The molecule has 0 aliphatic rings. The highest BCUT2D eigenvalue weighted by Gasteiger charge is 2.27. The molecule has 112 valence electrons. The van der Waals surface area contributed by atoms with Crippen LogP contribution >= 0.6 is 0 Å². The Balaban J connectivity index is 2.55. The van der Waals surface area contributed by atoms with Crippen LogP contribution in [0.25, 0.3) is 0 Å². The molecule has 1 aromatic carbocycles. The number of anilines is 1. The van der Waals surface area contributed by atoms with Crippen molar-refractivity contribution >= 4 is 11.6 Å². The summed E-state index contributed by atoms with van der Waals surface area (Å²) in [5.74, 6) is -0.128. The smallest absolute Gasteiger partial charge is 0.241 e. The van der Waals surface area contributed by atoms with Crippen LogP contribution in [0.3, 0.4) is 0 Å². The van der Waals surface area contributed by atoms with Crippen molar-refractivity contribution in [3.05, 3.63) is 29.8 Å². The summed E-state index contributed by atoms with van der Waals surface area (Å²) in [6.45, 7) is 8.10. The fourth-order valence-corrected chi connectivity index (χ4v) is 1.95. The van der Waals surface area contributed by atoms with E-state index in [-0.39, 0.29) is 11.3 Å². The summed E-state index contributed by atoms with van der Waals surface area (Å²) in [5, 5.41) is 2.88. The van der Waals surface area contributed by atoms with Crippen LogP contribution in [0.4, 0.5) is 5.69 Å². The molecule has 3 N–H and O–H groups in total. The number of unbranched alkanes of at least 4 members (excludes halogenated alkanes) is 2. The largest absolute Gasteiger partial charge is 0.325 e. The number of rotatable bonds is 6. The molecule has 1 atom stereocenters. The van der Waals surface area contributed by atoms with Gasteiger partial charge in [-0.1, -0.05) is 52.7 Å². The molecule has 0 aromatic heterocycles. The standard InChI is InChI=1S/C17H28N2O/c1-5-6-7-8-13-9-11-14(12-10-13)19-16(20)15(18)17(2,3)4/h9-12,15H,5-8,18H2,1-4H3,(H,19,20). The maximum atomic E-state index is 12.0. The first-order valence-electron chi connectivity index (χ1n) is 7.50. The predicted molar refractivity (Wildman–Crippen MR) is 85.7 cm³/mol. The summed E-state index contributed by atoms with van der Waals surface area (Å²) in [4.78, 5) is 12.0. The van der Waals surface area contributed by atoms with E-state index >= 15 is 0 Å². The number of nitrogens with two attached hydrogens (primary N) is 1. The first kappa shape index (κ1) is 16.7. The van der Waals surface area contributed by atoms with Gasteiger partial charge < -0.3 is 11.1 Å². The molecule has 0 heterocycles. The van der Waals surface area contributed by atoms with Crippen molar-refractivity contribution in [3.8, 4) is 0 Å². The van der Waals surface area contributed by atoms with E-state index in [1.807, 2.05) is 32.9 Å². The average molecular weight is 276 g/mol. The Bertz CT molecular complexity index is 418. The quantitative estimate of drug-likeness (QED) is 0.778. The van der Waals surface area contributed by atoms with Crippen molar-refractivity contribution in [1.29, 1.82) is 0 Å². The number of hydrogen-bond acceptors (Lipinski definition) is 2. The first-order chi connectivity index (χ1) is 9.34. The second-order valence-corrected chi connectivity index (χ2v) is 6.49. The minimum atomic E-state index is -0.508. The molecule has 1 rings (SSSR count). The third-order valence-electron chi connectivity index (χ3n) is 3.51. The maximum absolute atomic E-state index is 12.0. The highest BCUT2D eigenvalue weighted by Crippen LogP contribution is 2.19. The predicted octanol–water partition coefficient (Wildman–Crippen LogP) is 3.73. The first-order valence-corrected chi connectivity index (χ1v) is 7.50. The van der Waals surface area contributed by atoms with Crippen molar-refractivity contribution in [2.75, 3.05) is 5.32 Å². The van der Waals surface area contributed by atoms with Gasteiger partial charge in [0.15, 0.2) is 0 Å².